The number of ether oxygens (including phenoxy) is 1. The first kappa shape index (κ1) is 20.2. The van der Waals surface area contributed by atoms with E-state index in [2.05, 4.69) is 0 Å². The molecular weight excluding hydrogens is 378 g/mol. The van der Waals surface area contributed by atoms with Crippen LogP contribution >= 0.6 is 0 Å². The van der Waals surface area contributed by atoms with Crippen LogP contribution in [0.15, 0.2) is 64.4 Å². The largest absolute Gasteiger partial charge is 0.375 e. The predicted octanol–water partition coefficient (Wildman–Crippen LogP) is 1.29. The van der Waals surface area contributed by atoms with Gasteiger partial charge in [-0.3, -0.25) is 14.2 Å². The summed E-state index contributed by atoms with van der Waals surface area (Å²) in [4.78, 5) is 12.2. The summed E-state index contributed by atoms with van der Waals surface area (Å²) in [5.74, 6) is -1.08. The Bertz CT molecular complexity index is 866. The van der Waals surface area contributed by atoms with E-state index in [9.17, 15) is 17.4 Å². The first-order valence-corrected chi connectivity index (χ1v) is 10.7. The molecule has 7 nitrogen and oxygen atoms in total. The molecule has 9 heteroatoms. The van der Waals surface area contributed by atoms with Gasteiger partial charge < -0.3 is 4.74 Å². The van der Waals surface area contributed by atoms with E-state index in [0.717, 1.165) is 5.56 Å². The summed E-state index contributed by atoms with van der Waals surface area (Å²) in [7, 11) is -5.36. The predicted molar refractivity (Wildman–Crippen MR) is 95.8 cm³/mol. The van der Waals surface area contributed by atoms with Gasteiger partial charge in [-0.15, -0.1) is 0 Å². The van der Waals surface area contributed by atoms with E-state index < -0.39 is 38.4 Å². The lowest BCUT2D eigenvalue weighted by molar-refractivity contribution is -0.129. The molecule has 0 aliphatic heterocycles. The number of hydrogen-bond acceptors (Lipinski definition) is 6. The van der Waals surface area contributed by atoms with Gasteiger partial charge in [-0.05, 0) is 29.8 Å². The Morgan fingerprint density at radius 1 is 1.15 bits per heavy atom. The van der Waals surface area contributed by atoms with Crippen LogP contribution < -0.4 is 5.48 Å². The third kappa shape index (κ3) is 4.98. The minimum atomic E-state index is -4.11. The Balaban J connectivity index is 2.18. The average molecular weight is 397 g/mol. The zero-order valence-electron chi connectivity index (χ0n) is 14.0. The highest BCUT2D eigenvalue weighted by Gasteiger charge is 2.34. The molecule has 0 aromatic heterocycles. The van der Waals surface area contributed by atoms with Crippen molar-refractivity contribution in [1.82, 2.24) is 5.48 Å². The van der Waals surface area contributed by atoms with E-state index in [1.165, 1.54) is 36.0 Å². The number of sulfone groups is 1. The van der Waals surface area contributed by atoms with Crippen molar-refractivity contribution in [3.8, 4) is 0 Å². The molecule has 1 amide bonds. The van der Waals surface area contributed by atoms with Crippen molar-refractivity contribution < 1.29 is 27.4 Å². The van der Waals surface area contributed by atoms with E-state index in [1.54, 1.807) is 12.1 Å². The van der Waals surface area contributed by atoms with E-state index in [-0.39, 0.29) is 11.5 Å². The van der Waals surface area contributed by atoms with Crippen molar-refractivity contribution in [2.45, 2.75) is 21.6 Å². The van der Waals surface area contributed by atoms with Gasteiger partial charge in [0.05, 0.1) is 18.1 Å². The lowest BCUT2D eigenvalue weighted by Crippen LogP contribution is -2.41. The Morgan fingerprint density at radius 2 is 1.77 bits per heavy atom. The van der Waals surface area contributed by atoms with Gasteiger partial charge in [0.25, 0.3) is 5.91 Å². The van der Waals surface area contributed by atoms with E-state index in [4.69, 9.17) is 9.94 Å². The Kier molecular flexibility index (Phi) is 7.04. The first-order chi connectivity index (χ1) is 12.4. The van der Waals surface area contributed by atoms with Crippen LogP contribution in [-0.2, 0) is 36.8 Å². The highest BCUT2D eigenvalue weighted by Crippen LogP contribution is 2.19. The molecule has 0 saturated heterocycles. The second-order valence-electron chi connectivity index (χ2n) is 5.44. The molecule has 2 aromatic carbocycles. The van der Waals surface area contributed by atoms with Gasteiger partial charge in [0.1, 0.15) is 0 Å². The zero-order valence-corrected chi connectivity index (χ0v) is 15.6. The number of benzene rings is 2. The molecule has 0 bridgehead atoms. The maximum Gasteiger partial charge on any atom is 0.264 e. The van der Waals surface area contributed by atoms with E-state index in [1.807, 2.05) is 18.2 Å². The van der Waals surface area contributed by atoms with Gasteiger partial charge in [-0.25, -0.2) is 13.9 Å². The van der Waals surface area contributed by atoms with Gasteiger partial charge in [0, 0.05) is 22.0 Å². The number of rotatable bonds is 8. The molecule has 0 heterocycles. The average Bonchev–Trinajstić information content (AvgIpc) is 2.65. The van der Waals surface area contributed by atoms with Crippen LogP contribution in [0.25, 0.3) is 0 Å². The van der Waals surface area contributed by atoms with Gasteiger partial charge in [-0.1, -0.05) is 30.3 Å². The summed E-state index contributed by atoms with van der Waals surface area (Å²) in [6.45, 7) is -0.301. The summed E-state index contributed by atoms with van der Waals surface area (Å²) >= 11 is 0. The quantitative estimate of drug-likeness (QED) is 0.513. The molecule has 2 unspecified atom stereocenters. The summed E-state index contributed by atoms with van der Waals surface area (Å²) < 4.78 is 42.2. The normalized spacial score (nSPS) is 13.8. The fraction of sp³-hybridized carbons (Fsp3) is 0.235. The fourth-order valence-corrected chi connectivity index (χ4v) is 4.19. The van der Waals surface area contributed by atoms with Crippen molar-refractivity contribution in [2.75, 3.05) is 12.9 Å². The maximum absolute atomic E-state index is 12.7. The van der Waals surface area contributed by atoms with Gasteiger partial charge in [-0.2, -0.15) is 0 Å². The molecular formula is C17H19NO6S2. The van der Waals surface area contributed by atoms with Crippen LogP contribution in [0.1, 0.15) is 5.56 Å². The molecule has 0 aliphatic rings. The molecule has 0 spiro atoms. The van der Waals surface area contributed by atoms with E-state index >= 15 is 0 Å². The highest BCUT2D eigenvalue weighted by molar-refractivity contribution is 7.92. The third-order valence-corrected chi connectivity index (χ3v) is 6.61. The van der Waals surface area contributed by atoms with Crippen LogP contribution in [0.4, 0.5) is 0 Å². The number of carbonyl (C=O) groups excluding carboxylic acids is 1. The number of amides is 1. The van der Waals surface area contributed by atoms with Crippen LogP contribution in [-0.4, -0.2) is 41.9 Å². The van der Waals surface area contributed by atoms with Crippen molar-refractivity contribution in [3.05, 3.63) is 60.2 Å². The molecule has 26 heavy (non-hydrogen) atoms. The van der Waals surface area contributed by atoms with E-state index in [0.29, 0.717) is 4.90 Å². The smallest absolute Gasteiger partial charge is 0.264 e. The Labute approximate surface area is 154 Å². The SMILES string of the molecule is CS(=O)c1ccc(S(=O)(=O)C(COCc2ccccc2)C(=O)NO)cc1. The fourth-order valence-electron chi connectivity index (χ4n) is 2.22. The lowest BCUT2D eigenvalue weighted by atomic mass is 10.2. The lowest BCUT2D eigenvalue weighted by Gasteiger charge is -2.16. The van der Waals surface area contributed by atoms with Gasteiger partial charge >= 0.3 is 0 Å². The standard InChI is InChI=1S/C17H19NO6S2/c1-25(21)14-7-9-15(10-8-14)26(22,23)16(17(19)18-20)12-24-11-13-5-3-2-4-6-13/h2-10,16,20H,11-12H2,1H3,(H,18,19). The second-order valence-corrected chi connectivity index (χ2v) is 8.95. The van der Waals surface area contributed by atoms with Gasteiger partial charge in [0.2, 0.25) is 0 Å². The molecule has 2 N–H and O–H groups in total. The number of carbonyl (C=O) groups is 1. The second kappa shape index (κ2) is 9.04. The van der Waals surface area contributed by atoms with Crippen LogP contribution in [0, 0.1) is 0 Å². The Hall–Kier alpha value is -2.07. The number of nitrogens with one attached hydrogen (secondary N) is 1. The molecule has 0 radical (unpaired) electrons. The van der Waals surface area contributed by atoms with Crippen LogP contribution in [0.3, 0.4) is 0 Å². The molecule has 0 fully saturated rings. The topological polar surface area (TPSA) is 110 Å². The van der Waals surface area contributed by atoms with Gasteiger partial charge in [0.15, 0.2) is 15.1 Å². The number of hydrogen-bond donors (Lipinski definition) is 2. The molecule has 0 aliphatic carbocycles. The minimum Gasteiger partial charge on any atom is -0.375 e. The molecule has 2 rings (SSSR count). The van der Waals surface area contributed by atoms with Crippen molar-refractivity contribution in [3.63, 3.8) is 0 Å². The first-order valence-electron chi connectivity index (χ1n) is 7.59. The zero-order chi connectivity index (χ0) is 19.2. The third-order valence-electron chi connectivity index (χ3n) is 3.64. The van der Waals surface area contributed by atoms with Crippen LogP contribution in [0.2, 0.25) is 0 Å². The molecule has 2 atom stereocenters. The minimum absolute atomic E-state index is 0.122. The summed E-state index contributed by atoms with van der Waals surface area (Å²) in [6.07, 6.45) is 1.48. The molecule has 0 saturated carbocycles. The molecule has 140 valence electrons. The highest BCUT2D eigenvalue weighted by atomic mass is 32.2. The molecule has 2 aromatic rings. The van der Waals surface area contributed by atoms with Crippen molar-refractivity contribution >= 4 is 26.5 Å². The van der Waals surface area contributed by atoms with Crippen molar-refractivity contribution in [2.24, 2.45) is 0 Å². The van der Waals surface area contributed by atoms with Crippen molar-refractivity contribution in [1.29, 1.82) is 0 Å². The summed E-state index contributed by atoms with van der Waals surface area (Å²) in [6, 6.07) is 14.5. The Morgan fingerprint density at radius 3 is 2.31 bits per heavy atom. The number of hydroxylamine groups is 1. The maximum atomic E-state index is 12.7. The summed E-state index contributed by atoms with van der Waals surface area (Å²) in [5.41, 5.74) is 2.19. The monoisotopic (exact) mass is 397 g/mol. The van der Waals surface area contributed by atoms with Crippen LogP contribution in [0.5, 0.6) is 0 Å². The summed E-state index contributed by atoms with van der Waals surface area (Å²) in [5, 5.41) is 7.27.